The highest BCUT2D eigenvalue weighted by atomic mass is 35.5. The van der Waals surface area contributed by atoms with E-state index in [1.807, 2.05) is 48.7 Å². The van der Waals surface area contributed by atoms with Crippen LogP contribution in [0.1, 0.15) is 9.75 Å². The first-order valence-electron chi connectivity index (χ1n) is 6.67. The maximum atomic E-state index is 12.0. The van der Waals surface area contributed by atoms with Gasteiger partial charge >= 0.3 is 0 Å². The van der Waals surface area contributed by atoms with Crippen LogP contribution in [0, 0.1) is 6.92 Å². The van der Waals surface area contributed by atoms with Gasteiger partial charge in [-0.3, -0.25) is 4.79 Å². The minimum absolute atomic E-state index is 0.0427. The van der Waals surface area contributed by atoms with E-state index < -0.39 is 0 Å². The number of hydrogen-bond acceptors (Lipinski definition) is 4. The van der Waals surface area contributed by atoms with Gasteiger partial charge in [-0.2, -0.15) is 0 Å². The van der Waals surface area contributed by atoms with Crippen molar-refractivity contribution in [3.05, 3.63) is 56.6 Å². The Hall–Kier alpha value is -1.69. The number of nitrogens with one attached hydrogen (secondary N) is 1. The molecule has 0 aliphatic rings. The first-order chi connectivity index (χ1) is 10.6. The summed E-state index contributed by atoms with van der Waals surface area (Å²) in [6, 6.07) is 11.4. The summed E-state index contributed by atoms with van der Waals surface area (Å²) in [5.41, 5.74) is 1.88. The first-order valence-corrected chi connectivity index (χ1v) is 8.75. The zero-order valence-electron chi connectivity index (χ0n) is 11.8. The predicted molar refractivity (Wildman–Crippen MR) is 93.9 cm³/mol. The summed E-state index contributed by atoms with van der Waals surface area (Å²) in [5.74, 6) is -0.0427. The quantitative estimate of drug-likeness (QED) is 0.719. The van der Waals surface area contributed by atoms with Crippen molar-refractivity contribution in [2.45, 2.75) is 13.3 Å². The molecule has 0 fully saturated rings. The lowest BCUT2D eigenvalue weighted by Crippen LogP contribution is -2.13. The van der Waals surface area contributed by atoms with Crippen LogP contribution in [-0.2, 0) is 11.2 Å². The van der Waals surface area contributed by atoms with Gasteiger partial charge in [0.25, 0.3) is 0 Å². The summed E-state index contributed by atoms with van der Waals surface area (Å²) in [5, 5.41) is 6.16. The van der Waals surface area contributed by atoms with Crippen LogP contribution in [0.4, 0.5) is 5.13 Å². The fraction of sp³-hybridized carbons (Fsp3) is 0.125. The second kappa shape index (κ2) is 6.60. The second-order valence-electron chi connectivity index (χ2n) is 4.74. The molecule has 1 aromatic carbocycles. The average Bonchev–Trinajstić information content (AvgIpc) is 3.10. The van der Waals surface area contributed by atoms with Crippen molar-refractivity contribution in [2.24, 2.45) is 0 Å². The Balaban J connectivity index is 1.74. The van der Waals surface area contributed by atoms with Crippen molar-refractivity contribution < 1.29 is 4.79 Å². The lowest BCUT2D eigenvalue weighted by atomic mass is 10.1. The van der Waals surface area contributed by atoms with Crippen molar-refractivity contribution in [1.29, 1.82) is 0 Å². The molecule has 0 atom stereocenters. The van der Waals surface area contributed by atoms with E-state index in [1.54, 1.807) is 11.3 Å². The van der Waals surface area contributed by atoms with E-state index >= 15 is 0 Å². The van der Waals surface area contributed by atoms with Crippen molar-refractivity contribution in [3.63, 3.8) is 0 Å². The van der Waals surface area contributed by atoms with Gasteiger partial charge in [0, 0.05) is 20.3 Å². The van der Waals surface area contributed by atoms with Crippen molar-refractivity contribution >= 4 is 45.3 Å². The summed E-state index contributed by atoms with van der Waals surface area (Å²) in [6.45, 7) is 2.00. The molecule has 0 spiro atoms. The van der Waals surface area contributed by atoms with Crippen molar-refractivity contribution in [1.82, 2.24) is 4.98 Å². The molecule has 3 rings (SSSR count). The summed E-state index contributed by atoms with van der Waals surface area (Å²) in [6.07, 6.45) is 0.382. The van der Waals surface area contributed by atoms with Crippen LogP contribution in [0.5, 0.6) is 0 Å². The number of aryl methyl sites for hydroxylation is 1. The summed E-state index contributed by atoms with van der Waals surface area (Å²) >= 11 is 8.97. The van der Waals surface area contributed by atoms with Crippen LogP contribution in [-0.4, -0.2) is 10.9 Å². The lowest BCUT2D eigenvalue weighted by molar-refractivity contribution is -0.115. The van der Waals surface area contributed by atoms with Crippen molar-refractivity contribution in [3.8, 4) is 11.3 Å². The lowest BCUT2D eigenvalue weighted by Gasteiger charge is -2.00. The van der Waals surface area contributed by atoms with Crippen LogP contribution in [0.2, 0.25) is 5.02 Å². The molecule has 0 unspecified atom stereocenters. The largest absolute Gasteiger partial charge is 0.302 e. The number of amides is 1. The van der Waals surface area contributed by atoms with E-state index in [-0.39, 0.29) is 5.91 Å². The molecule has 0 saturated carbocycles. The number of nitrogens with zero attached hydrogens (tertiary/aromatic N) is 1. The number of carbonyl (C=O) groups excluding carboxylic acids is 1. The Morgan fingerprint density at radius 2 is 2.05 bits per heavy atom. The number of thiazole rings is 1. The van der Waals surface area contributed by atoms with Crippen LogP contribution >= 0.6 is 34.3 Å². The number of thiophene rings is 1. The Morgan fingerprint density at radius 3 is 2.73 bits per heavy atom. The van der Waals surface area contributed by atoms with E-state index in [4.69, 9.17) is 11.6 Å². The normalized spacial score (nSPS) is 10.6. The van der Waals surface area contributed by atoms with Gasteiger partial charge in [-0.1, -0.05) is 29.8 Å². The van der Waals surface area contributed by atoms with E-state index in [2.05, 4.69) is 10.3 Å². The minimum atomic E-state index is -0.0427. The molecular formula is C16H13ClN2OS2. The Kier molecular flexibility index (Phi) is 4.57. The smallest absolute Gasteiger partial charge is 0.231 e. The number of hydrogen-bond donors (Lipinski definition) is 1. The van der Waals surface area contributed by atoms with Gasteiger partial charge in [0.15, 0.2) is 5.13 Å². The van der Waals surface area contributed by atoms with Crippen LogP contribution in [0.15, 0.2) is 41.8 Å². The number of rotatable bonds is 4. The van der Waals surface area contributed by atoms with Crippen molar-refractivity contribution in [2.75, 3.05) is 5.32 Å². The van der Waals surface area contributed by atoms with E-state index in [0.717, 1.165) is 21.0 Å². The molecule has 6 heteroatoms. The molecule has 3 aromatic rings. The fourth-order valence-corrected chi connectivity index (χ4v) is 3.74. The number of anilines is 1. The zero-order valence-corrected chi connectivity index (χ0v) is 14.2. The van der Waals surface area contributed by atoms with E-state index in [0.29, 0.717) is 16.6 Å². The molecule has 2 aromatic heterocycles. The highest BCUT2D eigenvalue weighted by Gasteiger charge is 2.12. The zero-order chi connectivity index (χ0) is 15.5. The number of aromatic nitrogens is 1. The van der Waals surface area contributed by atoms with Gasteiger partial charge in [0.1, 0.15) is 0 Å². The molecule has 1 N–H and O–H groups in total. The third-order valence-corrected chi connectivity index (χ3v) is 5.09. The second-order valence-corrected chi connectivity index (χ2v) is 7.41. The molecule has 22 heavy (non-hydrogen) atoms. The topological polar surface area (TPSA) is 42.0 Å². The third kappa shape index (κ3) is 3.55. The monoisotopic (exact) mass is 348 g/mol. The molecule has 3 nitrogen and oxygen atoms in total. The molecule has 0 radical (unpaired) electrons. The van der Waals surface area contributed by atoms with Gasteiger partial charge in [-0.05, 0) is 30.5 Å². The molecule has 0 bridgehead atoms. The average molecular weight is 349 g/mol. The molecule has 0 aliphatic heterocycles. The molecule has 2 heterocycles. The number of halogens is 1. The van der Waals surface area contributed by atoms with Crippen LogP contribution in [0.3, 0.4) is 0 Å². The number of benzene rings is 1. The van der Waals surface area contributed by atoms with Gasteiger partial charge in [0.2, 0.25) is 5.91 Å². The highest BCUT2D eigenvalue weighted by Crippen LogP contribution is 2.31. The number of carbonyl (C=O) groups is 1. The maximum absolute atomic E-state index is 12.0. The Morgan fingerprint density at radius 1 is 1.27 bits per heavy atom. The summed E-state index contributed by atoms with van der Waals surface area (Å²) in [4.78, 5) is 18.7. The predicted octanol–water partition coefficient (Wildman–Crippen LogP) is 5.01. The van der Waals surface area contributed by atoms with Crippen LogP contribution in [0.25, 0.3) is 11.3 Å². The van der Waals surface area contributed by atoms with E-state index in [9.17, 15) is 4.79 Å². The third-order valence-electron chi connectivity index (χ3n) is 3.08. The van der Waals surface area contributed by atoms with Crippen LogP contribution < -0.4 is 5.32 Å². The molecule has 0 aliphatic carbocycles. The van der Waals surface area contributed by atoms with Gasteiger partial charge in [0.05, 0.1) is 12.1 Å². The molecule has 0 saturated heterocycles. The SMILES string of the molecule is Cc1sc(NC(=O)Cc2cccs2)nc1-c1ccc(Cl)cc1. The highest BCUT2D eigenvalue weighted by molar-refractivity contribution is 7.16. The standard InChI is InChI=1S/C16H13ClN2OS2/c1-10-15(11-4-6-12(17)7-5-11)19-16(22-10)18-14(20)9-13-3-2-8-21-13/h2-8H,9H2,1H3,(H,18,19,20). The molecular weight excluding hydrogens is 336 g/mol. The first kappa shape index (κ1) is 15.2. The van der Waals surface area contributed by atoms with Gasteiger partial charge in [-0.15, -0.1) is 22.7 Å². The maximum Gasteiger partial charge on any atom is 0.231 e. The minimum Gasteiger partial charge on any atom is -0.302 e. The van der Waals surface area contributed by atoms with E-state index in [1.165, 1.54) is 11.3 Å². The molecule has 112 valence electrons. The molecule has 1 amide bonds. The Labute approximate surface area is 141 Å². The summed E-state index contributed by atoms with van der Waals surface area (Å²) < 4.78 is 0. The Bertz CT molecular complexity index is 779. The van der Waals surface area contributed by atoms with Gasteiger partial charge in [-0.25, -0.2) is 4.98 Å². The fourth-order valence-electron chi connectivity index (χ4n) is 2.06. The summed E-state index contributed by atoms with van der Waals surface area (Å²) in [7, 11) is 0. The van der Waals surface area contributed by atoms with Gasteiger partial charge < -0.3 is 5.32 Å².